The van der Waals surface area contributed by atoms with Crippen molar-refractivity contribution >= 4 is 17.2 Å². The molecule has 0 radical (unpaired) electrons. The van der Waals surface area contributed by atoms with Crippen molar-refractivity contribution in [3.63, 3.8) is 0 Å². The molecule has 0 aliphatic rings. The van der Waals surface area contributed by atoms with E-state index in [-0.39, 0.29) is 0 Å². The van der Waals surface area contributed by atoms with Crippen LogP contribution < -0.4 is 5.73 Å². The maximum absolute atomic E-state index is 5.78. The number of benzene rings is 1. The maximum atomic E-state index is 5.78. The van der Waals surface area contributed by atoms with Crippen molar-refractivity contribution in [3.05, 3.63) is 35.4 Å². The Balaban J connectivity index is 2.90. The molecule has 0 aliphatic carbocycles. The van der Waals surface area contributed by atoms with Crippen LogP contribution in [0.25, 0.3) is 0 Å². The van der Waals surface area contributed by atoms with E-state index in [4.69, 9.17) is 18.0 Å². The Kier molecular flexibility index (Phi) is 5.76. The second kappa shape index (κ2) is 6.86. The molecule has 0 heterocycles. The number of hydrogen-bond acceptors (Lipinski definition) is 2. The van der Waals surface area contributed by atoms with Gasteiger partial charge in [0, 0.05) is 24.7 Å². The molecule has 0 saturated carbocycles. The van der Waals surface area contributed by atoms with Gasteiger partial charge in [-0.3, -0.25) is 4.90 Å². The summed E-state index contributed by atoms with van der Waals surface area (Å²) in [5.74, 6) is 0.657. The molecule has 2 N–H and O–H groups in total. The minimum atomic E-state index is 0.485. The van der Waals surface area contributed by atoms with Gasteiger partial charge >= 0.3 is 0 Å². The summed E-state index contributed by atoms with van der Waals surface area (Å²) in [4.78, 5) is 2.95. The molecule has 18 heavy (non-hydrogen) atoms. The third-order valence-electron chi connectivity index (χ3n) is 2.99. The van der Waals surface area contributed by atoms with Gasteiger partial charge in [0.2, 0.25) is 0 Å². The molecule has 0 saturated heterocycles. The van der Waals surface area contributed by atoms with Crippen LogP contribution in [0.1, 0.15) is 38.8 Å². The van der Waals surface area contributed by atoms with Crippen LogP contribution in [-0.2, 0) is 6.54 Å². The first kappa shape index (κ1) is 15.1. The largest absolute Gasteiger partial charge is 0.389 e. The molecule has 0 bridgehead atoms. The molecule has 1 rings (SSSR count). The highest BCUT2D eigenvalue weighted by Crippen LogP contribution is 2.15. The van der Waals surface area contributed by atoms with Gasteiger partial charge in [0.25, 0.3) is 0 Å². The van der Waals surface area contributed by atoms with Gasteiger partial charge in [-0.15, -0.1) is 0 Å². The van der Waals surface area contributed by atoms with Crippen molar-refractivity contribution in [2.45, 2.75) is 40.3 Å². The van der Waals surface area contributed by atoms with E-state index in [1.165, 1.54) is 5.56 Å². The van der Waals surface area contributed by atoms with Gasteiger partial charge in [-0.2, -0.15) is 0 Å². The predicted molar refractivity (Wildman–Crippen MR) is 82.7 cm³/mol. The SMILES string of the molecule is CC(C)CN(Cc1ccccc1C(N)=S)C(C)C. The summed E-state index contributed by atoms with van der Waals surface area (Å²) in [6, 6.07) is 8.67. The zero-order chi connectivity index (χ0) is 13.7. The van der Waals surface area contributed by atoms with E-state index in [1.54, 1.807) is 0 Å². The van der Waals surface area contributed by atoms with Crippen molar-refractivity contribution < 1.29 is 0 Å². The Hall–Kier alpha value is -0.930. The first-order valence-electron chi connectivity index (χ1n) is 6.53. The van der Waals surface area contributed by atoms with Crippen molar-refractivity contribution in [1.82, 2.24) is 4.90 Å². The van der Waals surface area contributed by atoms with Crippen LogP contribution in [0.4, 0.5) is 0 Å². The fraction of sp³-hybridized carbons (Fsp3) is 0.533. The average molecular weight is 264 g/mol. The number of thiocarbonyl (C=S) groups is 1. The van der Waals surface area contributed by atoms with Crippen molar-refractivity contribution in [3.8, 4) is 0 Å². The number of nitrogens with two attached hydrogens (primary N) is 1. The summed E-state index contributed by atoms with van der Waals surface area (Å²) in [7, 11) is 0. The molecule has 0 atom stereocenters. The first-order valence-corrected chi connectivity index (χ1v) is 6.94. The molecule has 1 aromatic rings. The minimum Gasteiger partial charge on any atom is -0.389 e. The second-order valence-electron chi connectivity index (χ2n) is 5.44. The molecule has 0 amide bonds. The molecule has 0 fully saturated rings. The Morgan fingerprint density at radius 2 is 1.83 bits per heavy atom. The maximum Gasteiger partial charge on any atom is 0.104 e. The molecular formula is C15H24N2S. The van der Waals surface area contributed by atoms with Crippen LogP contribution >= 0.6 is 12.2 Å². The van der Waals surface area contributed by atoms with E-state index in [2.05, 4.69) is 38.7 Å². The summed E-state index contributed by atoms with van der Waals surface area (Å²) in [5.41, 5.74) is 8.00. The van der Waals surface area contributed by atoms with Gasteiger partial charge in [-0.25, -0.2) is 0 Å². The molecule has 0 unspecified atom stereocenters. The molecule has 3 heteroatoms. The first-order chi connectivity index (χ1) is 8.41. The standard InChI is InChI=1S/C15H24N2S/c1-11(2)9-17(12(3)4)10-13-7-5-6-8-14(13)15(16)18/h5-8,11-12H,9-10H2,1-4H3,(H2,16,18). The Bertz CT molecular complexity index is 399. The third kappa shape index (κ3) is 4.39. The molecule has 1 aromatic carbocycles. The van der Waals surface area contributed by atoms with E-state index >= 15 is 0 Å². The zero-order valence-electron chi connectivity index (χ0n) is 11.8. The van der Waals surface area contributed by atoms with Crippen LogP contribution in [-0.4, -0.2) is 22.5 Å². The van der Waals surface area contributed by atoms with E-state index in [0.29, 0.717) is 16.9 Å². The van der Waals surface area contributed by atoms with Gasteiger partial charge in [-0.1, -0.05) is 50.3 Å². The summed E-state index contributed by atoms with van der Waals surface area (Å²) in [6.07, 6.45) is 0. The van der Waals surface area contributed by atoms with Crippen LogP contribution in [0, 0.1) is 5.92 Å². The lowest BCUT2D eigenvalue weighted by Crippen LogP contribution is -2.34. The molecule has 0 aromatic heterocycles. The Labute approximate surface area is 116 Å². The normalized spacial score (nSPS) is 11.5. The molecule has 0 aliphatic heterocycles. The molecule has 100 valence electrons. The quantitative estimate of drug-likeness (QED) is 0.800. The summed E-state index contributed by atoms with van der Waals surface area (Å²) in [6.45, 7) is 10.9. The van der Waals surface area contributed by atoms with Crippen molar-refractivity contribution in [2.75, 3.05) is 6.54 Å². The summed E-state index contributed by atoms with van der Waals surface area (Å²) >= 11 is 5.12. The topological polar surface area (TPSA) is 29.3 Å². The fourth-order valence-corrected chi connectivity index (χ4v) is 2.24. The lowest BCUT2D eigenvalue weighted by molar-refractivity contribution is 0.189. The molecule has 2 nitrogen and oxygen atoms in total. The number of nitrogens with zero attached hydrogens (tertiary/aromatic N) is 1. The van der Waals surface area contributed by atoms with Gasteiger partial charge in [0.15, 0.2) is 0 Å². The fourth-order valence-electron chi connectivity index (χ4n) is 2.04. The highest BCUT2D eigenvalue weighted by atomic mass is 32.1. The smallest absolute Gasteiger partial charge is 0.104 e. The Morgan fingerprint density at radius 1 is 1.22 bits per heavy atom. The minimum absolute atomic E-state index is 0.485. The van der Waals surface area contributed by atoms with Crippen molar-refractivity contribution in [2.24, 2.45) is 11.7 Å². The number of rotatable bonds is 6. The zero-order valence-corrected chi connectivity index (χ0v) is 12.6. The Morgan fingerprint density at radius 3 is 2.33 bits per heavy atom. The monoisotopic (exact) mass is 264 g/mol. The van der Waals surface area contributed by atoms with E-state index in [1.807, 2.05) is 18.2 Å². The molecule has 0 spiro atoms. The third-order valence-corrected chi connectivity index (χ3v) is 3.21. The lowest BCUT2D eigenvalue weighted by Gasteiger charge is -2.29. The van der Waals surface area contributed by atoms with E-state index < -0.39 is 0 Å². The summed E-state index contributed by atoms with van der Waals surface area (Å²) < 4.78 is 0. The highest BCUT2D eigenvalue weighted by molar-refractivity contribution is 7.80. The predicted octanol–water partition coefficient (Wildman–Crippen LogP) is 3.19. The van der Waals surface area contributed by atoms with Crippen LogP contribution in [0.15, 0.2) is 24.3 Å². The average Bonchev–Trinajstić information content (AvgIpc) is 2.27. The highest BCUT2D eigenvalue weighted by Gasteiger charge is 2.14. The van der Waals surface area contributed by atoms with Gasteiger partial charge in [0.1, 0.15) is 4.99 Å². The lowest BCUT2D eigenvalue weighted by atomic mass is 10.1. The van der Waals surface area contributed by atoms with Crippen LogP contribution in [0.3, 0.4) is 0 Å². The van der Waals surface area contributed by atoms with Crippen LogP contribution in [0.5, 0.6) is 0 Å². The van der Waals surface area contributed by atoms with E-state index in [9.17, 15) is 0 Å². The van der Waals surface area contributed by atoms with Crippen LogP contribution in [0.2, 0.25) is 0 Å². The molecular weight excluding hydrogens is 240 g/mol. The van der Waals surface area contributed by atoms with Gasteiger partial charge in [-0.05, 0) is 25.3 Å². The van der Waals surface area contributed by atoms with E-state index in [0.717, 1.165) is 18.7 Å². The van der Waals surface area contributed by atoms with Gasteiger partial charge in [0.05, 0.1) is 0 Å². The second-order valence-corrected chi connectivity index (χ2v) is 5.88. The number of hydrogen-bond donors (Lipinski definition) is 1. The van der Waals surface area contributed by atoms with Crippen molar-refractivity contribution in [1.29, 1.82) is 0 Å². The summed E-state index contributed by atoms with van der Waals surface area (Å²) in [5, 5.41) is 0. The van der Waals surface area contributed by atoms with Gasteiger partial charge < -0.3 is 5.73 Å².